The summed E-state index contributed by atoms with van der Waals surface area (Å²) < 4.78 is 4.59. The van der Waals surface area contributed by atoms with E-state index in [1.54, 1.807) is 0 Å². The van der Waals surface area contributed by atoms with Crippen LogP contribution in [0, 0.1) is 5.92 Å². The molecule has 0 radical (unpaired) electrons. The van der Waals surface area contributed by atoms with E-state index in [4.69, 9.17) is 15.3 Å². The molecule has 0 saturated carbocycles. The molecule has 76 valence electrons. The average molecular weight is 192 g/mol. The van der Waals surface area contributed by atoms with Crippen molar-refractivity contribution in [1.29, 1.82) is 0 Å². The first-order valence-corrected chi connectivity index (χ1v) is 3.87. The lowest BCUT2D eigenvalue weighted by molar-refractivity contribution is -0.265. The predicted molar refractivity (Wildman–Crippen MR) is 39.7 cm³/mol. The van der Waals surface area contributed by atoms with Crippen LogP contribution < -0.4 is 0 Å². The largest absolute Gasteiger partial charge is 0.479 e. The van der Waals surface area contributed by atoms with Crippen LogP contribution in [0.3, 0.4) is 0 Å². The zero-order valence-electron chi connectivity index (χ0n) is 6.99. The number of carboxylic acids is 1. The molecule has 1 rings (SSSR count). The fourth-order valence-electron chi connectivity index (χ4n) is 1.30. The maximum absolute atomic E-state index is 10.5. The lowest BCUT2D eigenvalue weighted by atomic mass is 9.91. The van der Waals surface area contributed by atoms with Gasteiger partial charge in [-0.05, 0) is 0 Å². The Balaban J connectivity index is 2.76. The number of carboxylic acid groups (broad SMARTS) is 1. The summed E-state index contributed by atoms with van der Waals surface area (Å²) >= 11 is 0. The van der Waals surface area contributed by atoms with Crippen LogP contribution in [0.5, 0.6) is 0 Å². The minimum atomic E-state index is -1.65. The number of aliphatic hydroxyl groups is 3. The molecule has 0 aromatic carbocycles. The summed E-state index contributed by atoms with van der Waals surface area (Å²) in [6.45, 7) is 1.43. The molecule has 4 N–H and O–H groups in total. The molecule has 0 aromatic rings. The molecule has 1 fully saturated rings. The maximum atomic E-state index is 10.5. The van der Waals surface area contributed by atoms with E-state index in [-0.39, 0.29) is 0 Å². The normalized spacial score (nSPS) is 46.0. The van der Waals surface area contributed by atoms with Crippen LogP contribution in [0.4, 0.5) is 0 Å². The van der Waals surface area contributed by atoms with Gasteiger partial charge in [-0.25, -0.2) is 4.79 Å². The van der Waals surface area contributed by atoms with Crippen molar-refractivity contribution in [2.75, 3.05) is 0 Å². The maximum Gasteiger partial charge on any atom is 0.333 e. The van der Waals surface area contributed by atoms with Crippen molar-refractivity contribution in [1.82, 2.24) is 0 Å². The van der Waals surface area contributed by atoms with Crippen molar-refractivity contribution in [3.63, 3.8) is 0 Å². The molecule has 1 aliphatic rings. The smallest absolute Gasteiger partial charge is 0.333 e. The molecule has 0 bridgehead atoms. The monoisotopic (exact) mass is 192 g/mol. The van der Waals surface area contributed by atoms with Gasteiger partial charge in [-0.3, -0.25) is 0 Å². The second kappa shape index (κ2) is 3.59. The van der Waals surface area contributed by atoms with Gasteiger partial charge in [0.15, 0.2) is 12.4 Å². The summed E-state index contributed by atoms with van der Waals surface area (Å²) in [4.78, 5) is 10.5. The minimum absolute atomic E-state index is 0.754. The molecule has 1 heterocycles. The van der Waals surface area contributed by atoms with E-state index >= 15 is 0 Å². The lowest BCUT2D eigenvalue weighted by Crippen LogP contribution is -2.55. The Morgan fingerprint density at radius 2 is 1.77 bits per heavy atom. The Labute approximate surface area is 74.4 Å². The van der Waals surface area contributed by atoms with Gasteiger partial charge in [-0.1, -0.05) is 6.92 Å². The van der Waals surface area contributed by atoms with Crippen molar-refractivity contribution in [2.24, 2.45) is 5.92 Å². The molecular formula is C7H12O6. The standard InChI is InChI=1S/C7H12O6/c1-2-3(8)4(9)7(12)13-5(2)6(10)11/h2-5,7-9,12H,1H3,(H,10,11)/t2-,3-,4+,5-,7+/m0/s1. The molecule has 0 unspecified atom stereocenters. The van der Waals surface area contributed by atoms with Crippen molar-refractivity contribution in [3.05, 3.63) is 0 Å². The summed E-state index contributed by atoms with van der Waals surface area (Å²) in [7, 11) is 0. The van der Waals surface area contributed by atoms with Crippen LogP contribution in [0.15, 0.2) is 0 Å². The molecule has 0 aromatic heterocycles. The quantitative estimate of drug-likeness (QED) is 0.388. The van der Waals surface area contributed by atoms with Gasteiger partial charge in [0, 0.05) is 5.92 Å². The van der Waals surface area contributed by atoms with Gasteiger partial charge in [-0.2, -0.15) is 0 Å². The van der Waals surface area contributed by atoms with Crippen LogP contribution in [-0.4, -0.2) is 51.0 Å². The van der Waals surface area contributed by atoms with E-state index in [0.717, 1.165) is 0 Å². The number of rotatable bonds is 1. The number of hydrogen-bond donors (Lipinski definition) is 4. The Morgan fingerprint density at radius 1 is 1.23 bits per heavy atom. The topological polar surface area (TPSA) is 107 Å². The van der Waals surface area contributed by atoms with E-state index in [1.165, 1.54) is 6.92 Å². The zero-order chi connectivity index (χ0) is 10.2. The van der Waals surface area contributed by atoms with Gasteiger partial charge in [-0.15, -0.1) is 0 Å². The number of ether oxygens (including phenoxy) is 1. The van der Waals surface area contributed by atoms with Gasteiger partial charge in [0.25, 0.3) is 0 Å². The average Bonchev–Trinajstić information content (AvgIpc) is 2.07. The first-order chi connectivity index (χ1) is 5.95. The molecule has 1 saturated heterocycles. The minimum Gasteiger partial charge on any atom is -0.479 e. The highest BCUT2D eigenvalue weighted by Gasteiger charge is 2.44. The van der Waals surface area contributed by atoms with Gasteiger partial charge in [0.2, 0.25) is 0 Å². The Kier molecular flexibility index (Phi) is 2.87. The van der Waals surface area contributed by atoms with Crippen LogP contribution in [0.1, 0.15) is 6.92 Å². The Bertz CT molecular complexity index is 205. The van der Waals surface area contributed by atoms with Crippen LogP contribution in [0.2, 0.25) is 0 Å². The summed E-state index contributed by atoms with van der Waals surface area (Å²) in [6.07, 6.45) is -5.67. The van der Waals surface area contributed by atoms with E-state index in [9.17, 15) is 9.90 Å². The molecular weight excluding hydrogens is 180 g/mol. The van der Waals surface area contributed by atoms with Crippen molar-refractivity contribution < 1.29 is 30.0 Å². The molecule has 0 aliphatic carbocycles. The highest BCUT2D eigenvalue weighted by molar-refractivity contribution is 5.73. The number of carbonyl (C=O) groups is 1. The third-order valence-corrected chi connectivity index (χ3v) is 2.19. The highest BCUT2D eigenvalue weighted by atomic mass is 16.6. The van der Waals surface area contributed by atoms with Gasteiger partial charge in [0.05, 0.1) is 6.10 Å². The second-order valence-corrected chi connectivity index (χ2v) is 3.13. The first kappa shape index (κ1) is 10.4. The van der Waals surface area contributed by atoms with E-state index < -0.39 is 36.5 Å². The molecule has 5 atom stereocenters. The van der Waals surface area contributed by atoms with E-state index in [1.807, 2.05) is 0 Å². The molecule has 0 amide bonds. The van der Waals surface area contributed by atoms with Crippen LogP contribution >= 0.6 is 0 Å². The predicted octanol–water partition coefficient (Wildman–Crippen LogP) is -1.85. The van der Waals surface area contributed by atoms with Gasteiger partial charge in [0.1, 0.15) is 6.10 Å². The number of aliphatic hydroxyl groups excluding tert-OH is 3. The van der Waals surface area contributed by atoms with Crippen molar-refractivity contribution in [2.45, 2.75) is 31.5 Å². The Morgan fingerprint density at radius 3 is 2.23 bits per heavy atom. The SMILES string of the molecule is C[C@H]1[C@H](O)[C@@H](O)[C@H](O)O[C@@H]1C(=O)O. The second-order valence-electron chi connectivity index (χ2n) is 3.13. The zero-order valence-corrected chi connectivity index (χ0v) is 6.99. The summed E-state index contributed by atoms with van der Waals surface area (Å²) in [5.41, 5.74) is 0. The van der Waals surface area contributed by atoms with E-state index in [2.05, 4.69) is 4.74 Å². The van der Waals surface area contributed by atoms with Crippen LogP contribution in [0.25, 0.3) is 0 Å². The Hall–Kier alpha value is -0.690. The third kappa shape index (κ3) is 1.80. The van der Waals surface area contributed by atoms with E-state index in [0.29, 0.717) is 0 Å². The van der Waals surface area contributed by atoms with Crippen molar-refractivity contribution in [3.8, 4) is 0 Å². The lowest BCUT2D eigenvalue weighted by Gasteiger charge is -2.37. The fraction of sp³-hybridized carbons (Fsp3) is 0.857. The van der Waals surface area contributed by atoms with Gasteiger partial charge < -0.3 is 25.2 Å². The molecule has 1 aliphatic heterocycles. The molecule has 0 spiro atoms. The molecule has 13 heavy (non-hydrogen) atoms. The number of aliphatic carboxylic acids is 1. The number of hydrogen-bond acceptors (Lipinski definition) is 5. The van der Waals surface area contributed by atoms with Crippen molar-refractivity contribution >= 4 is 5.97 Å². The van der Waals surface area contributed by atoms with Crippen LogP contribution in [-0.2, 0) is 9.53 Å². The summed E-state index contributed by atoms with van der Waals surface area (Å²) in [5, 5.41) is 36.0. The molecule has 6 nitrogen and oxygen atoms in total. The molecule has 6 heteroatoms. The fourth-order valence-corrected chi connectivity index (χ4v) is 1.30. The summed E-state index contributed by atoms with van der Waals surface area (Å²) in [6, 6.07) is 0. The highest BCUT2D eigenvalue weighted by Crippen LogP contribution is 2.24. The first-order valence-electron chi connectivity index (χ1n) is 3.87. The van der Waals surface area contributed by atoms with Gasteiger partial charge >= 0.3 is 5.97 Å². The third-order valence-electron chi connectivity index (χ3n) is 2.19. The summed E-state index contributed by atoms with van der Waals surface area (Å²) in [5.74, 6) is -2.02.